The third-order valence-electron chi connectivity index (χ3n) is 3.83. The predicted octanol–water partition coefficient (Wildman–Crippen LogP) is 4.19. The van der Waals surface area contributed by atoms with Gasteiger partial charge >= 0.3 is 0 Å². The van der Waals surface area contributed by atoms with E-state index in [4.69, 9.17) is 0 Å². The Labute approximate surface area is 156 Å². The molecule has 2 aromatic carbocycles. The van der Waals surface area contributed by atoms with Gasteiger partial charge in [-0.2, -0.15) is 0 Å². The van der Waals surface area contributed by atoms with Crippen LogP contribution < -0.4 is 5.32 Å². The molecule has 9 nitrogen and oxygen atoms in total. The summed E-state index contributed by atoms with van der Waals surface area (Å²) in [7, 11) is 0. The number of hydrogen-bond acceptors (Lipinski definition) is 7. The number of aromatic nitrogens is 1. The zero-order valence-electron chi connectivity index (χ0n) is 13.9. The van der Waals surface area contributed by atoms with Crippen LogP contribution in [0.2, 0.25) is 0 Å². The van der Waals surface area contributed by atoms with E-state index in [1.54, 1.807) is 30.5 Å². The van der Waals surface area contributed by atoms with Crippen molar-refractivity contribution in [3.63, 3.8) is 0 Å². The van der Waals surface area contributed by atoms with Crippen LogP contribution in [0.3, 0.4) is 0 Å². The number of hydrogen-bond donors (Lipinski definition) is 1. The summed E-state index contributed by atoms with van der Waals surface area (Å²) < 4.78 is 0. The SMILES string of the molecule is Cc1c([N+](=O)[O-])cc(C(=O)Nc2ccc(-c3nccs3)cc2)cc1[N+](=O)[O-]. The molecule has 0 spiro atoms. The summed E-state index contributed by atoms with van der Waals surface area (Å²) in [6, 6.07) is 8.92. The second-order valence-corrected chi connectivity index (χ2v) is 6.42. The van der Waals surface area contributed by atoms with E-state index in [0.29, 0.717) is 5.69 Å². The van der Waals surface area contributed by atoms with Gasteiger partial charge in [-0.15, -0.1) is 11.3 Å². The van der Waals surface area contributed by atoms with E-state index in [0.717, 1.165) is 22.7 Å². The van der Waals surface area contributed by atoms with Crippen molar-refractivity contribution >= 4 is 34.3 Å². The van der Waals surface area contributed by atoms with Crippen LogP contribution in [-0.2, 0) is 0 Å². The topological polar surface area (TPSA) is 128 Å². The maximum Gasteiger partial charge on any atom is 0.279 e. The van der Waals surface area contributed by atoms with Crippen molar-refractivity contribution in [1.82, 2.24) is 4.98 Å². The molecule has 0 fully saturated rings. The van der Waals surface area contributed by atoms with Crippen LogP contribution in [0.25, 0.3) is 10.6 Å². The largest absolute Gasteiger partial charge is 0.322 e. The summed E-state index contributed by atoms with van der Waals surface area (Å²) in [5.74, 6) is -0.678. The van der Waals surface area contributed by atoms with E-state index in [1.807, 2.05) is 5.38 Å². The van der Waals surface area contributed by atoms with Crippen molar-refractivity contribution in [3.8, 4) is 10.6 Å². The first-order valence-electron chi connectivity index (χ1n) is 7.61. The molecule has 1 heterocycles. The number of anilines is 1. The number of nitrogens with one attached hydrogen (secondary N) is 1. The molecule has 1 N–H and O–H groups in total. The van der Waals surface area contributed by atoms with Crippen LogP contribution in [0, 0.1) is 27.2 Å². The van der Waals surface area contributed by atoms with Gasteiger partial charge in [-0.1, -0.05) is 0 Å². The highest BCUT2D eigenvalue weighted by molar-refractivity contribution is 7.13. The number of nitro benzene ring substituents is 2. The lowest BCUT2D eigenvalue weighted by Crippen LogP contribution is -2.13. The fourth-order valence-corrected chi connectivity index (χ4v) is 3.10. The summed E-state index contributed by atoms with van der Waals surface area (Å²) in [6.45, 7) is 1.27. The molecule has 136 valence electrons. The number of thiazole rings is 1. The fraction of sp³-hybridized carbons (Fsp3) is 0.0588. The van der Waals surface area contributed by atoms with Crippen molar-refractivity contribution in [2.75, 3.05) is 5.32 Å². The molecule has 27 heavy (non-hydrogen) atoms. The highest BCUT2D eigenvalue weighted by Crippen LogP contribution is 2.30. The van der Waals surface area contributed by atoms with Crippen LogP contribution >= 0.6 is 11.3 Å². The summed E-state index contributed by atoms with van der Waals surface area (Å²) in [5, 5.41) is 27.5. The molecule has 1 aromatic heterocycles. The first-order valence-corrected chi connectivity index (χ1v) is 8.49. The number of carbonyl (C=O) groups is 1. The zero-order valence-corrected chi connectivity index (χ0v) is 14.7. The van der Waals surface area contributed by atoms with E-state index in [2.05, 4.69) is 10.3 Å². The summed E-state index contributed by atoms with van der Waals surface area (Å²) in [5.41, 5.74) is 0.107. The Morgan fingerprint density at radius 3 is 2.15 bits per heavy atom. The van der Waals surface area contributed by atoms with Gasteiger partial charge in [-0.05, 0) is 31.2 Å². The van der Waals surface area contributed by atoms with Crippen molar-refractivity contribution < 1.29 is 14.6 Å². The summed E-state index contributed by atoms with van der Waals surface area (Å²) in [4.78, 5) is 37.4. The lowest BCUT2D eigenvalue weighted by Gasteiger charge is -2.07. The lowest BCUT2D eigenvalue weighted by molar-refractivity contribution is -0.395. The number of carbonyl (C=O) groups excluding carboxylic acids is 1. The van der Waals surface area contributed by atoms with Gasteiger partial charge in [-0.25, -0.2) is 4.98 Å². The number of nitrogens with zero attached hydrogens (tertiary/aromatic N) is 3. The minimum Gasteiger partial charge on any atom is -0.322 e. The minimum atomic E-state index is -0.748. The zero-order chi connectivity index (χ0) is 19.6. The average Bonchev–Trinajstić information content (AvgIpc) is 3.16. The Balaban J connectivity index is 1.87. The number of benzene rings is 2. The quantitative estimate of drug-likeness (QED) is 0.519. The first kappa shape index (κ1) is 18.1. The first-order chi connectivity index (χ1) is 12.9. The Bertz CT molecular complexity index is 997. The van der Waals surface area contributed by atoms with Crippen LogP contribution in [0.15, 0.2) is 48.0 Å². The van der Waals surface area contributed by atoms with Crippen LogP contribution in [0.4, 0.5) is 17.1 Å². The molecule has 0 aliphatic rings. The van der Waals surface area contributed by atoms with Gasteiger partial charge in [0.1, 0.15) is 10.6 Å². The molecular weight excluding hydrogens is 372 g/mol. The van der Waals surface area contributed by atoms with Crippen molar-refractivity contribution in [1.29, 1.82) is 0 Å². The maximum absolute atomic E-state index is 12.4. The molecule has 0 aliphatic carbocycles. The van der Waals surface area contributed by atoms with Gasteiger partial charge in [0.25, 0.3) is 17.3 Å². The normalized spacial score (nSPS) is 10.4. The molecule has 0 radical (unpaired) electrons. The molecule has 3 aromatic rings. The highest BCUT2D eigenvalue weighted by Gasteiger charge is 2.25. The van der Waals surface area contributed by atoms with Gasteiger partial charge in [-0.3, -0.25) is 25.0 Å². The summed E-state index contributed by atoms with van der Waals surface area (Å²) in [6.07, 6.45) is 1.69. The Morgan fingerprint density at radius 2 is 1.67 bits per heavy atom. The Morgan fingerprint density at radius 1 is 1.07 bits per heavy atom. The minimum absolute atomic E-state index is 0.102. The van der Waals surface area contributed by atoms with Crippen LogP contribution in [-0.4, -0.2) is 20.7 Å². The van der Waals surface area contributed by atoms with Gasteiger partial charge in [0.05, 0.1) is 15.4 Å². The Kier molecular flexibility index (Phi) is 4.90. The molecule has 3 rings (SSSR count). The molecule has 10 heteroatoms. The Hall–Kier alpha value is -3.66. The van der Waals surface area contributed by atoms with Crippen molar-refractivity contribution in [2.24, 2.45) is 0 Å². The van der Waals surface area contributed by atoms with Crippen LogP contribution in [0.1, 0.15) is 15.9 Å². The molecule has 0 saturated heterocycles. The maximum atomic E-state index is 12.4. The second kappa shape index (κ2) is 7.30. The standard InChI is InChI=1S/C17H12N4O5S/c1-10-14(20(23)24)8-12(9-15(10)21(25)26)16(22)19-13-4-2-11(3-5-13)17-18-6-7-27-17/h2-9H,1H3,(H,19,22). The monoisotopic (exact) mass is 384 g/mol. The molecule has 1 amide bonds. The fourth-order valence-electron chi connectivity index (χ4n) is 2.46. The van der Waals surface area contributed by atoms with Gasteiger partial charge in [0.15, 0.2) is 0 Å². The number of nitro groups is 2. The average molecular weight is 384 g/mol. The van der Waals surface area contributed by atoms with E-state index in [-0.39, 0.29) is 11.1 Å². The van der Waals surface area contributed by atoms with E-state index < -0.39 is 27.1 Å². The molecule has 0 unspecified atom stereocenters. The third-order valence-corrected chi connectivity index (χ3v) is 4.65. The van der Waals surface area contributed by atoms with E-state index in [9.17, 15) is 25.0 Å². The summed E-state index contributed by atoms with van der Waals surface area (Å²) >= 11 is 1.48. The molecule has 0 atom stereocenters. The van der Waals surface area contributed by atoms with Crippen molar-refractivity contribution in [2.45, 2.75) is 6.92 Å². The van der Waals surface area contributed by atoms with Gasteiger partial charge in [0.2, 0.25) is 0 Å². The predicted molar refractivity (Wildman–Crippen MR) is 100.0 cm³/mol. The smallest absolute Gasteiger partial charge is 0.279 e. The highest BCUT2D eigenvalue weighted by atomic mass is 32.1. The third kappa shape index (κ3) is 3.80. The second-order valence-electron chi connectivity index (χ2n) is 5.52. The van der Waals surface area contributed by atoms with Gasteiger partial charge in [0, 0.05) is 35.0 Å². The molecule has 0 bridgehead atoms. The van der Waals surface area contributed by atoms with Crippen LogP contribution in [0.5, 0.6) is 0 Å². The van der Waals surface area contributed by atoms with E-state index >= 15 is 0 Å². The lowest BCUT2D eigenvalue weighted by atomic mass is 10.1. The number of amides is 1. The molecular formula is C17H12N4O5S. The van der Waals surface area contributed by atoms with Crippen molar-refractivity contribution in [3.05, 3.63) is 79.3 Å². The number of rotatable bonds is 5. The molecule has 0 aliphatic heterocycles. The van der Waals surface area contributed by atoms with E-state index in [1.165, 1.54) is 18.3 Å². The molecule has 0 saturated carbocycles. The van der Waals surface area contributed by atoms with Gasteiger partial charge < -0.3 is 5.32 Å².